The molecule has 2 heterocycles. The lowest BCUT2D eigenvalue weighted by molar-refractivity contribution is -0.117. The van der Waals surface area contributed by atoms with Crippen LogP contribution in [-0.4, -0.2) is 28.5 Å². The number of amides is 1. The molecule has 1 aliphatic carbocycles. The number of nitrogens with two attached hydrogens (primary N) is 1. The van der Waals surface area contributed by atoms with Gasteiger partial charge in [-0.1, -0.05) is 13.0 Å². The summed E-state index contributed by atoms with van der Waals surface area (Å²) in [5, 5.41) is 2.64. The molecule has 0 unspecified atom stereocenters. The Morgan fingerprint density at radius 3 is 2.85 bits per heavy atom. The highest BCUT2D eigenvalue weighted by Gasteiger charge is 2.53. The van der Waals surface area contributed by atoms with Crippen molar-refractivity contribution in [3.05, 3.63) is 35.7 Å². The van der Waals surface area contributed by atoms with E-state index in [1.807, 2.05) is 26.0 Å². The third kappa shape index (κ3) is 2.88. The average molecular weight is 354 g/mol. The van der Waals surface area contributed by atoms with E-state index in [1.165, 1.54) is 12.4 Å². The lowest BCUT2D eigenvalue weighted by Gasteiger charge is -2.13. The van der Waals surface area contributed by atoms with Gasteiger partial charge in [0.1, 0.15) is 11.5 Å². The van der Waals surface area contributed by atoms with Gasteiger partial charge >= 0.3 is 0 Å². The highest BCUT2D eigenvalue weighted by atomic mass is 16.5. The van der Waals surface area contributed by atoms with E-state index in [1.54, 1.807) is 0 Å². The molecule has 3 N–H and O–H groups in total. The Morgan fingerprint density at radius 1 is 1.38 bits per heavy atom. The summed E-state index contributed by atoms with van der Waals surface area (Å²) in [5.74, 6) is 2.14. The molecule has 1 aromatic heterocycles. The minimum Gasteiger partial charge on any atom is -0.492 e. The quantitative estimate of drug-likeness (QED) is 0.856. The minimum absolute atomic E-state index is 0.105. The molecule has 0 radical (unpaired) electrons. The van der Waals surface area contributed by atoms with Crippen LogP contribution in [0, 0.1) is 6.92 Å². The number of nitrogens with zero attached hydrogens (tertiary/aromatic N) is 2. The van der Waals surface area contributed by atoms with Crippen LogP contribution >= 0.6 is 0 Å². The van der Waals surface area contributed by atoms with Crippen molar-refractivity contribution >= 4 is 11.7 Å². The van der Waals surface area contributed by atoms with E-state index in [-0.39, 0.29) is 11.3 Å². The van der Waals surface area contributed by atoms with Crippen LogP contribution in [-0.2, 0) is 10.2 Å². The number of aryl methyl sites for hydroxylation is 1. The second kappa shape index (κ2) is 6.25. The molecule has 1 saturated carbocycles. The zero-order chi connectivity index (χ0) is 18.3. The Morgan fingerprint density at radius 2 is 2.19 bits per heavy atom. The van der Waals surface area contributed by atoms with Crippen LogP contribution in [0.15, 0.2) is 24.5 Å². The van der Waals surface area contributed by atoms with Gasteiger partial charge in [-0.2, -0.15) is 0 Å². The van der Waals surface area contributed by atoms with E-state index in [2.05, 4.69) is 15.3 Å². The molecule has 26 heavy (non-hydrogen) atoms. The number of rotatable bonds is 5. The maximum atomic E-state index is 11.8. The summed E-state index contributed by atoms with van der Waals surface area (Å²) < 4.78 is 11.9. The van der Waals surface area contributed by atoms with Crippen LogP contribution < -0.4 is 20.5 Å². The van der Waals surface area contributed by atoms with Crippen molar-refractivity contribution in [2.75, 3.05) is 11.9 Å². The molecule has 1 atom stereocenters. The Labute approximate surface area is 151 Å². The Balaban J connectivity index is 1.53. The van der Waals surface area contributed by atoms with Gasteiger partial charge in [0.05, 0.1) is 25.0 Å². The van der Waals surface area contributed by atoms with Gasteiger partial charge in [-0.05, 0) is 37.8 Å². The highest BCUT2D eigenvalue weighted by molar-refractivity contribution is 5.93. The zero-order valence-corrected chi connectivity index (χ0v) is 14.9. The molecule has 136 valence electrons. The number of benzene rings is 1. The number of nitrogens with one attached hydrogen (secondary N) is 1. The van der Waals surface area contributed by atoms with Gasteiger partial charge in [0.2, 0.25) is 11.8 Å². The summed E-state index contributed by atoms with van der Waals surface area (Å²) in [7, 11) is 0. The summed E-state index contributed by atoms with van der Waals surface area (Å²) in [6.45, 7) is 4.61. The monoisotopic (exact) mass is 354 g/mol. The van der Waals surface area contributed by atoms with Crippen LogP contribution in [0.4, 0.5) is 5.82 Å². The van der Waals surface area contributed by atoms with E-state index in [4.69, 9.17) is 15.2 Å². The number of fused-ring (bicyclic) bond motifs is 2. The predicted molar refractivity (Wildman–Crippen MR) is 96.6 cm³/mol. The van der Waals surface area contributed by atoms with E-state index >= 15 is 0 Å². The van der Waals surface area contributed by atoms with Crippen LogP contribution in [0.25, 0.3) is 0 Å². The smallest absolute Gasteiger partial charge is 0.242 e. The van der Waals surface area contributed by atoms with Crippen LogP contribution in [0.2, 0.25) is 0 Å². The second-order valence-corrected chi connectivity index (χ2v) is 7.00. The molecule has 0 saturated heterocycles. The molecule has 0 bridgehead atoms. The highest BCUT2D eigenvalue weighted by Crippen LogP contribution is 2.59. The number of aromatic nitrogens is 2. The van der Waals surface area contributed by atoms with Gasteiger partial charge in [0, 0.05) is 11.0 Å². The normalized spacial score (nSPS) is 17.3. The molecule has 1 fully saturated rings. The molecule has 7 heteroatoms. The number of hydrogen-bond acceptors (Lipinski definition) is 6. The number of hydrogen-bond donors (Lipinski definition) is 2. The zero-order valence-electron chi connectivity index (χ0n) is 14.9. The van der Waals surface area contributed by atoms with Gasteiger partial charge in [0.15, 0.2) is 5.82 Å². The van der Waals surface area contributed by atoms with E-state index in [0.29, 0.717) is 18.1 Å². The number of ether oxygens (including phenoxy) is 2. The molecule has 1 amide bonds. The summed E-state index contributed by atoms with van der Waals surface area (Å²) in [5.41, 5.74) is 8.06. The lowest BCUT2D eigenvalue weighted by atomic mass is 9.95. The third-order valence-electron chi connectivity index (χ3n) is 5.06. The van der Waals surface area contributed by atoms with E-state index < -0.39 is 6.04 Å². The first-order valence-corrected chi connectivity index (χ1v) is 8.85. The number of carbonyl (C=O) groups excluding carboxylic acids is 1. The number of anilines is 1. The van der Waals surface area contributed by atoms with Crippen molar-refractivity contribution in [2.45, 2.75) is 44.6 Å². The first kappa shape index (κ1) is 16.8. The molecule has 4 rings (SSSR count). The Hall–Kier alpha value is -2.67. The minimum atomic E-state index is -0.558. The molecule has 2 aliphatic rings. The van der Waals surface area contributed by atoms with Crippen molar-refractivity contribution < 1.29 is 14.3 Å². The van der Waals surface area contributed by atoms with Crippen molar-refractivity contribution in [1.29, 1.82) is 0 Å². The van der Waals surface area contributed by atoms with Crippen molar-refractivity contribution in [1.82, 2.24) is 9.97 Å². The second-order valence-electron chi connectivity index (χ2n) is 7.00. The van der Waals surface area contributed by atoms with Crippen molar-refractivity contribution in [2.24, 2.45) is 5.73 Å². The molecular weight excluding hydrogens is 332 g/mol. The van der Waals surface area contributed by atoms with Gasteiger partial charge in [0.25, 0.3) is 0 Å². The summed E-state index contributed by atoms with van der Waals surface area (Å²) in [6, 6.07) is 3.39. The number of carbonyl (C=O) groups is 1. The summed E-state index contributed by atoms with van der Waals surface area (Å²) in [6.07, 6.45) is 5.76. The molecule has 7 nitrogen and oxygen atoms in total. The van der Waals surface area contributed by atoms with Gasteiger partial charge in [-0.3, -0.25) is 4.79 Å². The molecular formula is C19H22N4O3. The standard InChI is InChI=1S/C19H22N4O3/c1-3-12(20)18(24)23-14-8-22-15(9-21-14)26-13-5-4-11(2)17-16(13)19(6-7-19)10-25-17/h4-5,8-9,12H,3,6-7,10,20H2,1-2H3,(H,21,23,24)/t12-/m0/s1. The first-order chi connectivity index (χ1) is 12.5. The largest absolute Gasteiger partial charge is 0.492 e. The lowest BCUT2D eigenvalue weighted by Crippen LogP contribution is -2.35. The topological polar surface area (TPSA) is 99.4 Å². The maximum absolute atomic E-state index is 11.8. The fraction of sp³-hybridized carbons (Fsp3) is 0.421. The average Bonchev–Trinajstić information content (AvgIpc) is 3.32. The van der Waals surface area contributed by atoms with Gasteiger partial charge in [-0.15, -0.1) is 0 Å². The fourth-order valence-electron chi connectivity index (χ4n) is 3.22. The first-order valence-electron chi connectivity index (χ1n) is 8.85. The summed E-state index contributed by atoms with van der Waals surface area (Å²) in [4.78, 5) is 20.2. The predicted octanol–water partition coefficient (Wildman–Crippen LogP) is 2.68. The van der Waals surface area contributed by atoms with Gasteiger partial charge < -0.3 is 20.5 Å². The fourth-order valence-corrected chi connectivity index (χ4v) is 3.22. The molecule has 1 aliphatic heterocycles. The van der Waals surface area contributed by atoms with Gasteiger partial charge in [-0.25, -0.2) is 9.97 Å². The molecule has 2 aromatic rings. The SMILES string of the molecule is CC[C@H](N)C(=O)Nc1cnc(Oc2ccc(C)c3c2C2(CC2)CO3)cn1. The Kier molecular flexibility index (Phi) is 4.03. The van der Waals surface area contributed by atoms with E-state index in [9.17, 15) is 4.79 Å². The maximum Gasteiger partial charge on any atom is 0.242 e. The molecule has 1 aromatic carbocycles. The third-order valence-corrected chi connectivity index (χ3v) is 5.06. The van der Waals surface area contributed by atoms with Crippen molar-refractivity contribution in [3.8, 4) is 17.4 Å². The van der Waals surface area contributed by atoms with Crippen LogP contribution in [0.5, 0.6) is 17.4 Å². The Bertz CT molecular complexity index is 847. The summed E-state index contributed by atoms with van der Waals surface area (Å²) >= 11 is 0. The van der Waals surface area contributed by atoms with Crippen LogP contribution in [0.3, 0.4) is 0 Å². The van der Waals surface area contributed by atoms with Crippen molar-refractivity contribution in [3.63, 3.8) is 0 Å². The van der Waals surface area contributed by atoms with E-state index in [0.717, 1.165) is 42.1 Å². The molecule has 1 spiro atoms. The van der Waals surface area contributed by atoms with Crippen LogP contribution in [0.1, 0.15) is 37.3 Å².